The molecule has 2 saturated heterocycles. The summed E-state index contributed by atoms with van der Waals surface area (Å²) in [6, 6.07) is 2.17. The van der Waals surface area contributed by atoms with E-state index < -0.39 is 6.10 Å². The number of aromatic nitrogens is 2. The van der Waals surface area contributed by atoms with Gasteiger partial charge in [0, 0.05) is 50.3 Å². The van der Waals surface area contributed by atoms with Gasteiger partial charge in [-0.15, -0.1) is 0 Å². The van der Waals surface area contributed by atoms with E-state index in [0.29, 0.717) is 18.9 Å². The minimum atomic E-state index is -0.457. The summed E-state index contributed by atoms with van der Waals surface area (Å²) in [6.07, 6.45) is 7.52. The van der Waals surface area contributed by atoms with Gasteiger partial charge in [-0.1, -0.05) is 0 Å². The van der Waals surface area contributed by atoms with Crippen molar-refractivity contribution < 1.29 is 9.90 Å². The van der Waals surface area contributed by atoms with Crippen LogP contribution in [-0.2, 0) is 4.79 Å². The Morgan fingerprint density at radius 2 is 2.04 bits per heavy atom. The van der Waals surface area contributed by atoms with Gasteiger partial charge >= 0.3 is 0 Å². The van der Waals surface area contributed by atoms with Gasteiger partial charge in [0.25, 0.3) is 0 Å². The summed E-state index contributed by atoms with van der Waals surface area (Å²) in [5.41, 5.74) is 1.41. The molecule has 25 heavy (non-hydrogen) atoms. The highest BCUT2D eigenvalue weighted by molar-refractivity contribution is 5.77. The predicted octanol–water partition coefficient (Wildman–Crippen LogP) is 1.94. The SMILES string of the molecule is C[C@H](O)CN1CC2(CCC1=O)CCN(c1cc(C3CC3)ncn1)CC2. The molecule has 3 aliphatic rings. The highest BCUT2D eigenvalue weighted by Gasteiger charge is 2.41. The molecular formula is C19H28N4O2. The first-order valence-electron chi connectivity index (χ1n) is 9.57. The highest BCUT2D eigenvalue weighted by atomic mass is 16.3. The summed E-state index contributed by atoms with van der Waals surface area (Å²) in [5, 5.41) is 9.66. The number of aliphatic hydroxyl groups excluding tert-OH is 1. The van der Waals surface area contributed by atoms with E-state index in [4.69, 9.17) is 0 Å². The van der Waals surface area contributed by atoms with Crippen molar-refractivity contribution in [2.75, 3.05) is 31.1 Å². The smallest absolute Gasteiger partial charge is 0.222 e. The summed E-state index contributed by atoms with van der Waals surface area (Å²) in [6.45, 7) is 4.97. The Kier molecular flexibility index (Phi) is 4.40. The van der Waals surface area contributed by atoms with Crippen LogP contribution in [0.2, 0.25) is 0 Å². The Morgan fingerprint density at radius 3 is 2.72 bits per heavy atom. The lowest BCUT2D eigenvalue weighted by Crippen LogP contribution is -2.53. The molecule has 6 heteroatoms. The summed E-state index contributed by atoms with van der Waals surface area (Å²) in [4.78, 5) is 25.3. The molecule has 0 unspecified atom stereocenters. The third kappa shape index (κ3) is 3.64. The first kappa shape index (κ1) is 16.8. The molecule has 136 valence electrons. The van der Waals surface area contributed by atoms with E-state index in [9.17, 15) is 9.90 Å². The highest BCUT2D eigenvalue weighted by Crippen LogP contribution is 2.42. The van der Waals surface area contributed by atoms with Gasteiger partial charge < -0.3 is 14.9 Å². The fraction of sp³-hybridized carbons (Fsp3) is 0.737. The van der Waals surface area contributed by atoms with Gasteiger partial charge in [-0.05, 0) is 44.4 Å². The van der Waals surface area contributed by atoms with Crippen molar-refractivity contribution in [3.63, 3.8) is 0 Å². The van der Waals surface area contributed by atoms with Crippen molar-refractivity contribution in [1.82, 2.24) is 14.9 Å². The molecule has 1 aromatic rings. The third-order valence-electron chi connectivity index (χ3n) is 6.05. The molecule has 1 N–H and O–H groups in total. The van der Waals surface area contributed by atoms with Gasteiger partial charge in [0.2, 0.25) is 5.91 Å². The largest absolute Gasteiger partial charge is 0.392 e. The van der Waals surface area contributed by atoms with Gasteiger partial charge in [-0.2, -0.15) is 0 Å². The fourth-order valence-corrected chi connectivity index (χ4v) is 4.34. The zero-order valence-electron chi connectivity index (χ0n) is 15.0. The normalized spacial score (nSPS) is 24.6. The molecule has 3 fully saturated rings. The summed E-state index contributed by atoms with van der Waals surface area (Å²) < 4.78 is 0. The molecule has 1 spiro atoms. The topological polar surface area (TPSA) is 69.6 Å². The lowest BCUT2D eigenvalue weighted by atomic mass is 9.72. The molecule has 1 aliphatic carbocycles. The first-order chi connectivity index (χ1) is 12.0. The Labute approximate surface area is 149 Å². The summed E-state index contributed by atoms with van der Waals surface area (Å²) in [7, 11) is 0. The molecule has 1 aromatic heterocycles. The minimum Gasteiger partial charge on any atom is -0.392 e. The molecule has 1 amide bonds. The molecule has 6 nitrogen and oxygen atoms in total. The lowest BCUT2D eigenvalue weighted by Gasteiger charge is -2.48. The Bertz CT molecular complexity index is 636. The summed E-state index contributed by atoms with van der Waals surface area (Å²) in [5.74, 6) is 1.90. The number of aliphatic hydroxyl groups is 1. The van der Waals surface area contributed by atoms with Crippen LogP contribution in [0.4, 0.5) is 5.82 Å². The first-order valence-corrected chi connectivity index (χ1v) is 9.57. The molecule has 2 aliphatic heterocycles. The number of carbonyl (C=O) groups is 1. The number of nitrogens with zero attached hydrogens (tertiary/aromatic N) is 4. The van der Waals surface area contributed by atoms with E-state index in [2.05, 4.69) is 20.9 Å². The lowest BCUT2D eigenvalue weighted by molar-refractivity contribution is -0.139. The number of anilines is 1. The number of β-amino-alcohol motifs (C(OH)–C–C–N with tert-alkyl or cyclic N) is 1. The molecule has 0 bridgehead atoms. The van der Waals surface area contributed by atoms with Gasteiger partial charge in [0.15, 0.2) is 0 Å². The van der Waals surface area contributed by atoms with Crippen LogP contribution in [-0.4, -0.2) is 58.2 Å². The van der Waals surface area contributed by atoms with Crippen molar-refractivity contribution in [2.24, 2.45) is 5.41 Å². The third-order valence-corrected chi connectivity index (χ3v) is 6.05. The monoisotopic (exact) mass is 344 g/mol. The Balaban J connectivity index is 1.40. The second kappa shape index (κ2) is 6.56. The maximum absolute atomic E-state index is 12.1. The van der Waals surface area contributed by atoms with E-state index in [1.807, 2.05) is 4.90 Å². The van der Waals surface area contributed by atoms with Crippen molar-refractivity contribution in [2.45, 2.75) is 57.5 Å². The van der Waals surface area contributed by atoms with Crippen molar-refractivity contribution in [3.8, 4) is 0 Å². The number of amides is 1. The minimum absolute atomic E-state index is 0.193. The summed E-state index contributed by atoms with van der Waals surface area (Å²) >= 11 is 0. The fourth-order valence-electron chi connectivity index (χ4n) is 4.34. The van der Waals surface area contributed by atoms with Crippen LogP contribution in [0, 0.1) is 5.41 Å². The molecular weight excluding hydrogens is 316 g/mol. The standard InChI is InChI=1S/C19H28N4O2/c1-14(24)11-23-12-19(5-4-18(23)25)6-8-22(9-7-19)17-10-16(15-2-3-15)20-13-21-17/h10,13-15,24H,2-9,11-12H2,1H3/t14-/m0/s1. The number of rotatable bonds is 4. The van der Waals surface area contributed by atoms with Gasteiger partial charge in [0.1, 0.15) is 12.1 Å². The predicted molar refractivity (Wildman–Crippen MR) is 95.4 cm³/mol. The molecule has 1 saturated carbocycles. The van der Waals surface area contributed by atoms with E-state index in [1.54, 1.807) is 13.3 Å². The van der Waals surface area contributed by atoms with Crippen molar-refractivity contribution in [1.29, 1.82) is 0 Å². The second-order valence-corrected chi connectivity index (χ2v) is 8.19. The average Bonchev–Trinajstić information content (AvgIpc) is 3.44. The zero-order valence-corrected chi connectivity index (χ0v) is 15.0. The molecule has 0 radical (unpaired) electrons. The maximum atomic E-state index is 12.1. The van der Waals surface area contributed by atoms with Crippen LogP contribution >= 0.6 is 0 Å². The van der Waals surface area contributed by atoms with Crippen LogP contribution in [0.25, 0.3) is 0 Å². The van der Waals surface area contributed by atoms with Crippen molar-refractivity contribution >= 4 is 11.7 Å². The number of hydrogen-bond donors (Lipinski definition) is 1. The Morgan fingerprint density at radius 1 is 1.28 bits per heavy atom. The molecule has 0 aromatic carbocycles. The van der Waals surface area contributed by atoms with E-state index in [1.165, 1.54) is 18.5 Å². The number of hydrogen-bond acceptors (Lipinski definition) is 5. The van der Waals surface area contributed by atoms with E-state index in [0.717, 1.165) is 44.7 Å². The maximum Gasteiger partial charge on any atom is 0.222 e. The number of carbonyl (C=O) groups excluding carboxylic acids is 1. The number of likely N-dealkylation sites (tertiary alicyclic amines) is 1. The van der Waals surface area contributed by atoms with Crippen LogP contribution < -0.4 is 4.90 Å². The quantitative estimate of drug-likeness (QED) is 0.904. The van der Waals surface area contributed by atoms with Gasteiger partial charge in [-0.3, -0.25) is 4.79 Å². The Hall–Kier alpha value is -1.69. The van der Waals surface area contributed by atoms with Gasteiger partial charge in [-0.25, -0.2) is 9.97 Å². The molecule has 3 heterocycles. The average molecular weight is 344 g/mol. The van der Waals surface area contributed by atoms with E-state index >= 15 is 0 Å². The van der Waals surface area contributed by atoms with Crippen LogP contribution in [0.5, 0.6) is 0 Å². The van der Waals surface area contributed by atoms with E-state index in [-0.39, 0.29) is 11.3 Å². The second-order valence-electron chi connectivity index (χ2n) is 8.19. The molecule has 1 atom stereocenters. The van der Waals surface area contributed by atoms with Gasteiger partial charge in [0.05, 0.1) is 6.10 Å². The number of piperidine rings is 2. The van der Waals surface area contributed by atoms with Crippen LogP contribution in [0.3, 0.4) is 0 Å². The van der Waals surface area contributed by atoms with Crippen LogP contribution in [0.15, 0.2) is 12.4 Å². The molecule has 4 rings (SSSR count). The van der Waals surface area contributed by atoms with Crippen molar-refractivity contribution in [3.05, 3.63) is 18.1 Å². The zero-order chi connectivity index (χ0) is 17.4. The van der Waals surface area contributed by atoms with Crippen LogP contribution in [0.1, 0.15) is 57.1 Å².